The predicted octanol–water partition coefficient (Wildman–Crippen LogP) is 3.28. The third kappa shape index (κ3) is 2.03. The summed E-state index contributed by atoms with van der Waals surface area (Å²) in [4.78, 5) is 28.9. The monoisotopic (exact) mass is 315 g/mol. The molecule has 5 nitrogen and oxygen atoms in total. The lowest BCUT2D eigenvalue weighted by Gasteiger charge is -2.12. The van der Waals surface area contributed by atoms with Crippen LogP contribution in [0.3, 0.4) is 0 Å². The van der Waals surface area contributed by atoms with Crippen LogP contribution in [0.25, 0.3) is 21.5 Å². The van der Waals surface area contributed by atoms with Crippen LogP contribution in [0.1, 0.15) is 25.6 Å². The zero-order valence-electron chi connectivity index (χ0n) is 12.3. The first kappa shape index (κ1) is 14.5. The van der Waals surface area contributed by atoms with Crippen LogP contribution in [0.4, 0.5) is 0 Å². The smallest absolute Gasteiger partial charge is 0.349 e. The highest BCUT2D eigenvalue weighted by Crippen LogP contribution is 2.40. The van der Waals surface area contributed by atoms with Gasteiger partial charge in [0.25, 0.3) is 0 Å². The first-order chi connectivity index (χ1) is 10.6. The molecular weight excluding hydrogens is 302 g/mol. The maximum absolute atomic E-state index is 12.1. The summed E-state index contributed by atoms with van der Waals surface area (Å²) in [5.74, 6) is -1.12. The zero-order valence-corrected chi connectivity index (χ0v) is 13.1. The van der Waals surface area contributed by atoms with Crippen molar-refractivity contribution in [2.24, 2.45) is 0 Å². The summed E-state index contributed by atoms with van der Waals surface area (Å²) in [6.07, 6.45) is 0. The fourth-order valence-corrected chi connectivity index (χ4v) is 3.73. The van der Waals surface area contributed by atoms with E-state index in [1.165, 1.54) is 14.2 Å². The predicted molar refractivity (Wildman–Crippen MR) is 83.7 cm³/mol. The average Bonchev–Trinajstić information content (AvgIpc) is 2.91. The van der Waals surface area contributed by atoms with E-state index in [1.807, 2.05) is 24.3 Å². The molecule has 1 aromatic carbocycles. The lowest BCUT2D eigenvalue weighted by Crippen LogP contribution is -2.13. The first-order valence-corrected chi connectivity index (χ1v) is 7.38. The number of nitrogens with zero attached hydrogens (tertiary/aromatic N) is 1. The second kappa shape index (κ2) is 5.38. The number of fused-ring (bicyclic) bond motifs is 3. The number of aromatic nitrogens is 1. The average molecular weight is 315 g/mol. The molecule has 0 aromatic heterocycles. The number of carbonyl (C=O) groups is 2. The van der Waals surface area contributed by atoms with Crippen LogP contribution in [0.2, 0.25) is 0 Å². The minimum Gasteiger partial charge on any atom is -0.465 e. The Bertz CT molecular complexity index is 868. The molecule has 0 saturated heterocycles. The minimum atomic E-state index is -0.567. The van der Waals surface area contributed by atoms with Gasteiger partial charge in [-0.1, -0.05) is 18.2 Å². The molecule has 0 spiro atoms. The lowest BCUT2D eigenvalue weighted by atomic mass is 10.0. The number of hydrogen-bond acceptors (Lipinski definition) is 6. The maximum Gasteiger partial charge on any atom is 0.349 e. The van der Waals surface area contributed by atoms with E-state index in [1.54, 1.807) is 6.92 Å². The van der Waals surface area contributed by atoms with Gasteiger partial charge >= 0.3 is 11.9 Å². The van der Waals surface area contributed by atoms with Crippen molar-refractivity contribution in [3.05, 3.63) is 40.3 Å². The summed E-state index contributed by atoms with van der Waals surface area (Å²) >= 11 is 1.14. The SMILES string of the molecule is COC(=O)c1sc2nc3ccccc3c-2c(C)c1C(=O)OC. The van der Waals surface area contributed by atoms with Gasteiger partial charge in [0.05, 0.1) is 25.3 Å². The van der Waals surface area contributed by atoms with Crippen molar-refractivity contribution in [3.63, 3.8) is 0 Å². The molecule has 0 unspecified atom stereocenters. The molecule has 0 bridgehead atoms. The van der Waals surface area contributed by atoms with E-state index in [-0.39, 0.29) is 10.4 Å². The van der Waals surface area contributed by atoms with Gasteiger partial charge in [-0.05, 0) is 18.6 Å². The molecule has 22 heavy (non-hydrogen) atoms. The van der Waals surface area contributed by atoms with Gasteiger partial charge in [0.2, 0.25) is 0 Å². The Hall–Kier alpha value is -2.47. The van der Waals surface area contributed by atoms with Crippen LogP contribution >= 0.6 is 11.3 Å². The van der Waals surface area contributed by atoms with Gasteiger partial charge in [-0.15, -0.1) is 11.3 Å². The van der Waals surface area contributed by atoms with Gasteiger partial charge in [-0.3, -0.25) is 0 Å². The van der Waals surface area contributed by atoms with Gasteiger partial charge in [-0.25, -0.2) is 14.6 Å². The number of ether oxygens (including phenoxy) is 2. The van der Waals surface area contributed by atoms with Crippen molar-refractivity contribution in [1.82, 2.24) is 4.98 Å². The van der Waals surface area contributed by atoms with Crippen LogP contribution in [-0.2, 0) is 9.47 Å². The molecule has 1 aromatic rings. The molecule has 0 radical (unpaired) electrons. The molecular formula is C16H13NO4S. The lowest BCUT2D eigenvalue weighted by molar-refractivity contribution is 0.0559. The Morgan fingerprint density at radius 3 is 2.45 bits per heavy atom. The summed E-state index contributed by atoms with van der Waals surface area (Å²) in [7, 11) is 2.57. The number of methoxy groups -OCH3 is 2. The highest BCUT2D eigenvalue weighted by Gasteiger charge is 2.28. The zero-order chi connectivity index (χ0) is 15.9. The highest BCUT2D eigenvalue weighted by molar-refractivity contribution is 7.17. The molecule has 2 aliphatic heterocycles. The van der Waals surface area contributed by atoms with Crippen molar-refractivity contribution < 1.29 is 19.1 Å². The van der Waals surface area contributed by atoms with Crippen LogP contribution in [0.15, 0.2) is 24.3 Å². The van der Waals surface area contributed by atoms with Gasteiger partial charge in [0.15, 0.2) is 0 Å². The summed E-state index contributed by atoms with van der Waals surface area (Å²) in [5.41, 5.74) is 2.61. The van der Waals surface area contributed by atoms with Crippen LogP contribution in [0.5, 0.6) is 0 Å². The van der Waals surface area contributed by atoms with Gasteiger partial charge in [0.1, 0.15) is 9.88 Å². The standard InChI is InChI=1S/C16H13NO4S/c1-8-11-9-6-4-5-7-10(9)17-14(11)22-13(16(19)21-3)12(8)15(18)20-2/h4-7H,1-3H3. The molecule has 2 aliphatic rings. The van der Waals surface area contributed by atoms with Crippen LogP contribution in [-0.4, -0.2) is 31.1 Å². The van der Waals surface area contributed by atoms with Gasteiger partial charge < -0.3 is 9.47 Å². The van der Waals surface area contributed by atoms with Crippen molar-refractivity contribution >= 4 is 34.2 Å². The van der Waals surface area contributed by atoms with Crippen molar-refractivity contribution in [2.45, 2.75) is 6.92 Å². The van der Waals surface area contributed by atoms with Gasteiger partial charge in [-0.2, -0.15) is 0 Å². The fourth-order valence-electron chi connectivity index (χ4n) is 2.53. The van der Waals surface area contributed by atoms with E-state index in [9.17, 15) is 9.59 Å². The summed E-state index contributed by atoms with van der Waals surface area (Å²) in [5, 5.41) is 1.65. The van der Waals surface area contributed by atoms with Crippen LogP contribution in [0, 0.1) is 6.92 Å². The Kier molecular flexibility index (Phi) is 3.54. The Morgan fingerprint density at radius 2 is 1.77 bits per heavy atom. The van der Waals surface area contributed by atoms with Gasteiger partial charge in [0, 0.05) is 10.9 Å². The maximum atomic E-state index is 12.1. The number of benzene rings is 1. The number of para-hydroxylation sites is 1. The quantitative estimate of drug-likeness (QED) is 0.679. The minimum absolute atomic E-state index is 0.210. The molecule has 0 amide bonds. The van der Waals surface area contributed by atoms with E-state index >= 15 is 0 Å². The second-order valence-corrected chi connectivity index (χ2v) is 5.72. The molecule has 0 atom stereocenters. The molecule has 0 saturated carbocycles. The summed E-state index contributed by atoms with van der Waals surface area (Å²) in [6.45, 7) is 1.79. The highest BCUT2D eigenvalue weighted by atomic mass is 32.1. The molecule has 3 rings (SSSR count). The number of rotatable bonds is 2. The molecule has 0 N–H and O–H groups in total. The Morgan fingerprint density at radius 1 is 1.09 bits per heavy atom. The third-order valence-corrected chi connectivity index (χ3v) is 4.61. The Balaban J connectivity index is 2.45. The van der Waals surface area contributed by atoms with E-state index in [4.69, 9.17) is 9.47 Å². The summed E-state index contributed by atoms with van der Waals surface area (Å²) < 4.78 is 9.62. The molecule has 0 fully saturated rings. The number of hydrogen-bond donors (Lipinski definition) is 0. The molecule has 2 heterocycles. The van der Waals surface area contributed by atoms with Crippen molar-refractivity contribution in [3.8, 4) is 10.6 Å². The van der Waals surface area contributed by atoms with E-state index in [0.717, 1.165) is 27.8 Å². The van der Waals surface area contributed by atoms with Crippen molar-refractivity contribution in [2.75, 3.05) is 14.2 Å². The van der Waals surface area contributed by atoms with E-state index in [0.29, 0.717) is 10.6 Å². The molecule has 0 aliphatic carbocycles. The summed E-state index contributed by atoms with van der Waals surface area (Å²) in [6, 6.07) is 7.66. The fraction of sp³-hybridized carbons (Fsp3) is 0.188. The van der Waals surface area contributed by atoms with E-state index in [2.05, 4.69) is 4.98 Å². The number of esters is 2. The van der Waals surface area contributed by atoms with Crippen LogP contribution < -0.4 is 0 Å². The topological polar surface area (TPSA) is 65.5 Å². The van der Waals surface area contributed by atoms with Crippen molar-refractivity contribution in [1.29, 1.82) is 0 Å². The number of carbonyl (C=O) groups excluding carboxylic acids is 2. The molecule has 112 valence electrons. The first-order valence-electron chi connectivity index (χ1n) is 6.57. The largest absolute Gasteiger partial charge is 0.465 e. The van der Waals surface area contributed by atoms with E-state index < -0.39 is 11.9 Å². The Labute approximate surface area is 130 Å². The normalized spacial score (nSPS) is 10.9. The molecule has 6 heteroatoms. The third-order valence-electron chi connectivity index (χ3n) is 3.55. The second-order valence-electron chi connectivity index (χ2n) is 4.72.